The maximum Gasteiger partial charge on any atom is 0.338 e. The van der Waals surface area contributed by atoms with Gasteiger partial charge in [0.15, 0.2) is 0 Å². The maximum absolute atomic E-state index is 12.8. The van der Waals surface area contributed by atoms with Crippen molar-refractivity contribution in [3.63, 3.8) is 0 Å². The molecule has 2 aromatic carbocycles. The van der Waals surface area contributed by atoms with Gasteiger partial charge in [0.25, 0.3) is 0 Å². The molecule has 0 aromatic heterocycles. The van der Waals surface area contributed by atoms with E-state index in [1.165, 1.54) is 4.90 Å². The minimum absolute atomic E-state index is 0.0531. The van der Waals surface area contributed by atoms with Gasteiger partial charge < -0.3 is 15.4 Å². The predicted molar refractivity (Wildman–Crippen MR) is 112 cm³/mol. The number of hydrogen-bond donors (Lipinski definition) is 2. The van der Waals surface area contributed by atoms with Crippen molar-refractivity contribution < 1.29 is 19.1 Å². The number of amides is 3. The van der Waals surface area contributed by atoms with Gasteiger partial charge in [0.05, 0.1) is 17.3 Å². The average Bonchev–Trinajstić information content (AvgIpc) is 3.08. The molecular formula is C22H20ClN3O4. The van der Waals surface area contributed by atoms with Gasteiger partial charge in [-0.3, -0.25) is 9.69 Å². The highest BCUT2D eigenvalue weighted by Gasteiger charge is 2.42. The number of hydrogen-bond acceptors (Lipinski definition) is 4. The Morgan fingerprint density at radius 1 is 1.20 bits per heavy atom. The number of ether oxygens (including phenoxy) is 1. The third kappa shape index (κ3) is 3.76. The largest absolute Gasteiger partial charge is 0.456 e. The Balaban J connectivity index is 1.59. The lowest BCUT2D eigenvalue weighted by Crippen LogP contribution is -2.49. The van der Waals surface area contributed by atoms with Gasteiger partial charge in [0.2, 0.25) is 5.91 Å². The predicted octanol–water partition coefficient (Wildman–Crippen LogP) is 3.47. The van der Waals surface area contributed by atoms with Gasteiger partial charge in [-0.25, -0.2) is 9.59 Å². The van der Waals surface area contributed by atoms with Crippen molar-refractivity contribution in [3.05, 3.63) is 75.4 Å². The maximum atomic E-state index is 12.8. The summed E-state index contributed by atoms with van der Waals surface area (Å²) in [6, 6.07) is 11.4. The van der Waals surface area contributed by atoms with Gasteiger partial charge in [0, 0.05) is 10.7 Å². The molecule has 0 saturated heterocycles. The lowest BCUT2D eigenvalue weighted by atomic mass is 9.96. The molecule has 2 aromatic rings. The van der Waals surface area contributed by atoms with Crippen LogP contribution in [0.5, 0.6) is 0 Å². The number of rotatable bonds is 4. The molecule has 0 bridgehead atoms. The summed E-state index contributed by atoms with van der Waals surface area (Å²) in [5, 5.41) is 6.17. The van der Waals surface area contributed by atoms with Crippen LogP contribution >= 0.6 is 11.6 Å². The summed E-state index contributed by atoms with van der Waals surface area (Å²) < 4.78 is 5.18. The standard InChI is InChI=1S/C22H20ClN3O4/c1-12-3-8-16(13(2)9-12)24-18(27)10-26-17-11-30-21(28)19(17)20(25-22(26)29)14-4-6-15(23)7-5-14/h3-9,20H,10-11H2,1-2H3,(H,24,27)(H,25,29)/t20-/m0/s1. The fourth-order valence-corrected chi connectivity index (χ4v) is 3.80. The number of esters is 1. The zero-order chi connectivity index (χ0) is 21.4. The molecule has 2 N–H and O–H groups in total. The van der Waals surface area contributed by atoms with Crippen LogP contribution in [0.2, 0.25) is 5.02 Å². The number of carbonyl (C=O) groups is 3. The minimum atomic E-state index is -0.654. The summed E-state index contributed by atoms with van der Waals surface area (Å²) in [7, 11) is 0. The summed E-state index contributed by atoms with van der Waals surface area (Å²) in [6.45, 7) is 3.58. The Hall–Kier alpha value is -3.32. The first-order chi connectivity index (χ1) is 14.3. The van der Waals surface area contributed by atoms with Gasteiger partial charge in [-0.2, -0.15) is 0 Å². The Morgan fingerprint density at radius 2 is 1.93 bits per heavy atom. The number of urea groups is 1. The van der Waals surface area contributed by atoms with Crippen molar-refractivity contribution in [2.75, 3.05) is 18.5 Å². The molecule has 0 aliphatic carbocycles. The number of benzene rings is 2. The molecular weight excluding hydrogens is 406 g/mol. The van der Waals surface area contributed by atoms with Crippen LogP contribution in [0.3, 0.4) is 0 Å². The van der Waals surface area contributed by atoms with Crippen molar-refractivity contribution >= 4 is 35.2 Å². The quantitative estimate of drug-likeness (QED) is 0.734. The fourth-order valence-electron chi connectivity index (χ4n) is 3.67. The van der Waals surface area contributed by atoms with Crippen molar-refractivity contribution in [2.24, 2.45) is 0 Å². The van der Waals surface area contributed by atoms with E-state index in [1.54, 1.807) is 24.3 Å². The van der Waals surface area contributed by atoms with E-state index < -0.39 is 18.0 Å². The van der Waals surface area contributed by atoms with Crippen molar-refractivity contribution in [1.29, 1.82) is 0 Å². The summed E-state index contributed by atoms with van der Waals surface area (Å²) in [6.07, 6.45) is 0. The zero-order valence-electron chi connectivity index (χ0n) is 16.5. The number of halogens is 1. The smallest absolute Gasteiger partial charge is 0.338 e. The van der Waals surface area contributed by atoms with E-state index in [0.717, 1.165) is 11.1 Å². The first-order valence-corrected chi connectivity index (χ1v) is 9.82. The van der Waals surface area contributed by atoms with Gasteiger partial charge in [-0.1, -0.05) is 41.4 Å². The third-order valence-electron chi connectivity index (χ3n) is 5.16. The van der Waals surface area contributed by atoms with Crippen LogP contribution in [0.15, 0.2) is 53.7 Å². The number of aryl methyl sites for hydroxylation is 2. The lowest BCUT2D eigenvalue weighted by molar-refractivity contribution is -0.136. The molecule has 30 heavy (non-hydrogen) atoms. The highest BCUT2D eigenvalue weighted by molar-refractivity contribution is 6.30. The normalized spacial score (nSPS) is 18.1. The second-order valence-electron chi connectivity index (χ2n) is 7.32. The highest BCUT2D eigenvalue weighted by atomic mass is 35.5. The molecule has 4 rings (SSSR count). The van der Waals surface area contributed by atoms with Crippen LogP contribution in [-0.4, -0.2) is 36.0 Å². The van der Waals surface area contributed by atoms with Gasteiger partial charge >= 0.3 is 12.0 Å². The number of anilines is 1. The third-order valence-corrected chi connectivity index (χ3v) is 5.41. The molecule has 2 heterocycles. The molecule has 3 amide bonds. The topological polar surface area (TPSA) is 87.7 Å². The van der Waals surface area contributed by atoms with Crippen molar-refractivity contribution in [2.45, 2.75) is 19.9 Å². The first kappa shape index (κ1) is 20.0. The van der Waals surface area contributed by atoms with E-state index >= 15 is 0 Å². The van der Waals surface area contributed by atoms with E-state index in [2.05, 4.69) is 10.6 Å². The molecule has 154 valence electrons. The van der Waals surface area contributed by atoms with Gasteiger partial charge in [-0.05, 0) is 43.2 Å². The number of nitrogens with one attached hydrogen (secondary N) is 2. The van der Waals surface area contributed by atoms with Crippen molar-refractivity contribution in [1.82, 2.24) is 10.2 Å². The molecule has 2 aliphatic rings. The molecule has 1 atom stereocenters. The van der Waals surface area contributed by atoms with Crippen LogP contribution in [0.1, 0.15) is 22.7 Å². The zero-order valence-corrected chi connectivity index (χ0v) is 17.2. The molecule has 8 heteroatoms. The second kappa shape index (κ2) is 7.84. The highest BCUT2D eigenvalue weighted by Crippen LogP contribution is 2.35. The second-order valence-corrected chi connectivity index (χ2v) is 7.76. The molecule has 0 unspecified atom stereocenters. The lowest BCUT2D eigenvalue weighted by Gasteiger charge is -2.32. The molecule has 7 nitrogen and oxygen atoms in total. The van der Waals surface area contributed by atoms with E-state index in [1.807, 2.05) is 32.0 Å². The molecule has 2 aliphatic heterocycles. The Bertz CT molecular complexity index is 1080. The molecule has 0 spiro atoms. The van der Waals surface area contributed by atoms with Crippen LogP contribution < -0.4 is 10.6 Å². The van der Waals surface area contributed by atoms with Crippen LogP contribution in [-0.2, 0) is 14.3 Å². The van der Waals surface area contributed by atoms with E-state index in [4.69, 9.17) is 16.3 Å². The van der Waals surface area contributed by atoms with Crippen LogP contribution in [0, 0.1) is 13.8 Å². The molecule has 0 saturated carbocycles. The minimum Gasteiger partial charge on any atom is -0.456 e. The van der Waals surface area contributed by atoms with Crippen LogP contribution in [0.25, 0.3) is 0 Å². The summed E-state index contributed by atoms with van der Waals surface area (Å²) in [4.78, 5) is 39.1. The summed E-state index contributed by atoms with van der Waals surface area (Å²) >= 11 is 5.94. The fraction of sp³-hybridized carbons (Fsp3) is 0.227. The van der Waals surface area contributed by atoms with Gasteiger partial charge in [0.1, 0.15) is 13.2 Å². The first-order valence-electron chi connectivity index (χ1n) is 9.44. The number of nitrogens with zero attached hydrogens (tertiary/aromatic N) is 1. The molecule has 0 radical (unpaired) electrons. The van der Waals surface area contributed by atoms with E-state index in [-0.39, 0.29) is 19.1 Å². The Kier molecular flexibility index (Phi) is 5.22. The average molecular weight is 426 g/mol. The van der Waals surface area contributed by atoms with E-state index in [0.29, 0.717) is 27.5 Å². The number of cyclic esters (lactones) is 1. The SMILES string of the molecule is Cc1ccc(NC(=O)CN2C(=O)N[C@@H](c3ccc(Cl)cc3)C3=C2COC3=O)c(C)c1. The Morgan fingerprint density at radius 3 is 2.63 bits per heavy atom. The van der Waals surface area contributed by atoms with E-state index in [9.17, 15) is 14.4 Å². The molecule has 0 fully saturated rings. The number of carbonyl (C=O) groups excluding carboxylic acids is 3. The monoisotopic (exact) mass is 425 g/mol. The van der Waals surface area contributed by atoms with Crippen LogP contribution in [0.4, 0.5) is 10.5 Å². The summed E-state index contributed by atoms with van der Waals surface area (Å²) in [5.74, 6) is -0.877. The van der Waals surface area contributed by atoms with Gasteiger partial charge in [-0.15, -0.1) is 0 Å². The van der Waals surface area contributed by atoms with Crippen molar-refractivity contribution in [3.8, 4) is 0 Å². The Labute approximate surface area is 178 Å². The summed E-state index contributed by atoms with van der Waals surface area (Å²) in [5.41, 5.74) is 4.13.